The van der Waals surface area contributed by atoms with Crippen LogP contribution in [0.15, 0.2) is 23.0 Å². The van der Waals surface area contributed by atoms with E-state index in [9.17, 15) is 9.59 Å². The molecule has 1 fully saturated rings. The first-order valence-electron chi connectivity index (χ1n) is 9.19. The fraction of sp³-hybridized carbons (Fsp3) is 0.474. The second-order valence-electron chi connectivity index (χ2n) is 6.79. The fourth-order valence-corrected chi connectivity index (χ4v) is 3.47. The molecule has 8 heteroatoms. The van der Waals surface area contributed by atoms with Gasteiger partial charge >= 0.3 is 0 Å². The number of nitrogens with zero attached hydrogens (tertiary/aromatic N) is 2. The summed E-state index contributed by atoms with van der Waals surface area (Å²) in [5.41, 5.74) is 0.637. The van der Waals surface area contributed by atoms with Gasteiger partial charge in [-0.25, -0.2) is 0 Å². The van der Waals surface area contributed by atoms with E-state index in [1.165, 1.54) is 4.57 Å². The number of hydrogen-bond acceptors (Lipinski definition) is 5. The number of aromatic nitrogens is 2. The summed E-state index contributed by atoms with van der Waals surface area (Å²) >= 11 is 0. The topological polar surface area (TPSA) is 115 Å². The molecule has 144 valence electrons. The molecular formula is C19H25N5O3. The lowest BCUT2D eigenvalue weighted by atomic mass is 10.1. The zero-order chi connectivity index (χ0) is 19.6. The van der Waals surface area contributed by atoms with Crippen molar-refractivity contribution in [2.45, 2.75) is 38.7 Å². The molecule has 2 aromatic rings. The van der Waals surface area contributed by atoms with E-state index in [-0.39, 0.29) is 23.3 Å². The Morgan fingerprint density at radius 2 is 2.04 bits per heavy atom. The number of methoxy groups -OCH3 is 1. The van der Waals surface area contributed by atoms with Gasteiger partial charge in [0.05, 0.1) is 17.1 Å². The highest BCUT2D eigenvalue weighted by Crippen LogP contribution is 2.18. The Hall–Kier alpha value is -2.74. The second-order valence-corrected chi connectivity index (χ2v) is 6.79. The van der Waals surface area contributed by atoms with Crippen LogP contribution in [-0.4, -0.2) is 52.5 Å². The predicted octanol–water partition coefficient (Wildman–Crippen LogP) is 1.69. The van der Waals surface area contributed by atoms with E-state index < -0.39 is 5.56 Å². The van der Waals surface area contributed by atoms with Crippen LogP contribution in [0.3, 0.4) is 0 Å². The summed E-state index contributed by atoms with van der Waals surface area (Å²) in [6, 6.07) is 5.03. The smallest absolute Gasteiger partial charge is 0.291 e. The van der Waals surface area contributed by atoms with Gasteiger partial charge in [-0.2, -0.15) is 0 Å². The summed E-state index contributed by atoms with van der Waals surface area (Å²) < 4.78 is 6.69. The number of hydrogen-bond donors (Lipinski definition) is 3. The van der Waals surface area contributed by atoms with Gasteiger partial charge in [0.25, 0.3) is 11.5 Å². The Labute approximate surface area is 156 Å². The van der Waals surface area contributed by atoms with Crippen molar-refractivity contribution in [3.05, 3.63) is 39.6 Å². The highest BCUT2D eigenvalue weighted by atomic mass is 16.5. The average molecular weight is 371 g/mol. The zero-order valence-electron chi connectivity index (χ0n) is 15.7. The molecule has 0 saturated carbocycles. The molecule has 1 amide bonds. The fourth-order valence-electron chi connectivity index (χ4n) is 3.47. The molecule has 1 aliphatic heterocycles. The Balaban J connectivity index is 1.97. The molecule has 0 spiro atoms. The molecular weight excluding hydrogens is 346 g/mol. The van der Waals surface area contributed by atoms with Crippen LogP contribution in [0.1, 0.15) is 43.0 Å². The first-order chi connectivity index (χ1) is 13.0. The monoisotopic (exact) mass is 371 g/mol. The van der Waals surface area contributed by atoms with E-state index in [0.717, 1.165) is 19.3 Å². The van der Waals surface area contributed by atoms with Crippen molar-refractivity contribution in [2.75, 3.05) is 20.2 Å². The van der Waals surface area contributed by atoms with Gasteiger partial charge in [0.15, 0.2) is 5.49 Å². The van der Waals surface area contributed by atoms with E-state index in [4.69, 9.17) is 15.6 Å². The Morgan fingerprint density at radius 3 is 2.67 bits per heavy atom. The molecule has 8 nitrogen and oxygen atoms in total. The average Bonchev–Trinajstić information content (AvgIpc) is 2.68. The molecule has 1 aliphatic rings. The molecule has 0 unspecified atom stereocenters. The van der Waals surface area contributed by atoms with Gasteiger partial charge in [-0.05, 0) is 37.5 Å². The Kier molecular flexibility index (Phi) is 5.55. The molecule has 0 radical (unpaired) electrons. The van der Waals surface area contributed by atoms with Crippen LogP contribution in [0.25, 0.3) is 11.0 Å². The Bertz CT molecular complexity index is 983. The minimum absolute atomic E-state index is 0.0857. The summed E-state index contributed by atoms with van der Waals surface area (Å²) in [7, 11) is 1.69. The molecule has 1 aromatic heterocycles. The molecule has 1 saturated heterocycles. The van der Waals surface area contributed by atoms with Crippen molar-refractivity contribution in [1.29, 1.82) is 10.8 Å². The van der Waals surface area contributed by atoms with Crippen LogP contribution < -0.4 is 11.0 Å². The minimum atomic E-state index is -0.575. The number of nitrogens with one attached hydrogen (secondary N) is 3. The first kappa shape index (κ1) is 19.0. The summed E-state index contributed by atoms with van der Waals surface area (Å²) in [6.45, 7) is 3.22. The number of rotatable bonds is 4. The first-order valence-corrected chi connectivity index (χ1v) is 9.19. The number of benzene rings is 1. The number of fused-ring (bicyclic) bond motifs is 1. The SMILES string of the molecule is CCCC(=N)n1c(=N)c(=O)[nH]c2cc(C(=O)N3CCC(OC)CC3)ccc21. The maximum Gasteiger partial charge on any atom is 0.291 e. The maximum absolute atomic E-state index is 12.8. The number of carbonyl (C=O) groups is 1. The number of piperidine rings is 1. The van der Waals surface area contributed by atoms with Gasteiger partial charge < -0.3 is 14.6 Å². The van der Waals surface area contributed by atoms with Crippen molar-refractivity contribution in [3.63, 3.8) is 0 Å². The standard InChI is InChI=1S/C19H25N5O3/c1-3-4-16(20)24-15-6-5-12(11-14(15)22-18(25)17(24)21)19(26)23-9-7-13(27-2)8-10-23/h5-6,11,13,20-21H,3-4,7-10H2,1-2H3,(H,22,25). The molecule has 0 aliphatic carbocycles. The largest absolute Gasteiger partial charge is 0.381 e. The van der Waals surface area contributed by atoms with E-state index >= 15 is 0 Å². The van der Waals surface area contributed by atoms with E-state index in [1.54, 1.807) is 30.2 Å². The van der Waals surface area contributed by atoms with Gasteiger partial charge in [-0.1, -0.05) is 6.92 Å². The minimum Gasteiger partial charge on any atom is -0.381 e. The van der Waals surface area contributed by atoms with Crippen molar-refractivity contribution >= 4 is 22.8 Å². The van der Waals surface area contributed by atoms with Gasteiger partial charge in [-0.15, -0.1) is 0 Å². The number of H-pyrrole nitrogens is 1. The zero-order valence-corrected chi connectivity index (χ0v) is 15.7. The van der Waals surface area contributed by atoms with Crippen LogP contribution in [0.2, 0.25) is 0 Å². The molecule has 0 bridgehead atoms. The van der Waals surface area contributed by atoms with Gasteiger partial charge in [0, 0.05) is 32.2 Å². The summed E-state index contributed by atoms with van der Waals surface area (Å²) in [4.78, 5) is 29.4. The second kappa shape index (κ2) is 7.87. The van der Waals surface area contributed by atoms with Crippen LogP contribution in [-0.2, 0) is 4.74 Å². The molecule has 3 rings (SSSR count). The van der Waals surface area contributed by atoms with Crippen LogP contribution >= 0.6 is 0 Å². The van der Waals surface area contributed by atoms with Crippen LogP contribution in [0.5, 0.6) is 0 Å². The third-order valence-electron chi connectivity index (χ3n) is 4.99. The number of ether oxygens (including phenoxy) is 1. The summed E-state index contributed by atoms with van der Waals surface area (Å²) in [6.07, 6.45) is 3.02. The highest BCUT2D eigenvalue weighted by Gasteiger charge is 2.24. The molecule has 27 heavy (non-hydrogen) atoms. The van der Waals surface area contributed by atoms with Crippen LogP contribution in [0, 0.1) is 10.8 Å². The quantitative estimate of drug-likeness (QED) is 0.561. The van der Waals surface area contributed by atoms with Crippen LogP contribution in [0.4, 0.5) is 0 Å². The summed E-state index contributed by atoms with van der Waals surface area (Å²) in [5.74, 6) is 0.108. The number of amides is 1. The third kappa shape index (κ3) is 3.71. The lowest BCUT2D eigenvalue weighted by molar-refractivity contribution is 0.0351. The van der Waals surface area contributed by atoms with Crippen molar-refractivity contribution < 1.29 is 9.53 Å². The van der Waals surface area contributed by atoms with Crippen molar-refractivity contribution in [1.82, 2.24) is 14.5 Å². The third-order valence-corrected chi connectivity index (χ3v) is 4.99. The Morgan fingerprint density at radius 1 is 1.33 bits per heavy atom. The predicted molar refractivity (Wildman–Crippen MR) is 102 cm³/mol. The van der Waals surface area contributed by atoms with E-state index in [0.29, 0.717) is 36.1 Å². The van der Waals surface area contributed by atoms with E-state index in [1.807, 2.05) is 6.92 Å². The van der Waals surface area contributed by atoms with Crippen molar-refractivity contribution in [2.24, 2.45) is 0 Å². The number of likely N-dealkylation sites (tertiary alicyclic amines) is 1. The van der Waals surface area contributed by atoms with Gasteiger partial charge in [0.2, 0.25) is 0 Å². The van der Waals surface area contributed by atoms with Gasteiger partial charge in [-0.3, -0.25) is 25.0 Å². The maximum atomic E-state index is 12.8. The summed E-state index contributed by atoms with van der Waals surface area (Å²) in [5, 5.41) is 16.2. The van der Waals surface area contributed by atoms with E-state index in [2.05, 4.69) is 4.98 Å². The highest BCUT2D eigenvalue weighted by molar-refractivity contribution is 5.99. The van der Waals surface area contributed by atoms with Gasteiger partial charge in [0.1, 0.15) is 5.84 Å². The molecule has 0 atom stereocenters. The molecule has 3 N–H and O–H groups in total. The number of aromatic amines is 1. The lowest BCUT2D eigenvalue weighted by Gasteiger charge is -2.31. The molecule has 2 heterocycles. The van der Waals surface area contributed by atoms with Crippen molar-refractivity contribution in [3.8, 4) is 0 Å². The molecule has 1 aromatic carbocycles. The lowest BCUT2D eigenvalue weighted by Crippen LogP contribution is -2.41. The normalized spacial score (nSPS) is 15.3. The number of carbonyl (C=O) groups excluding carboxylic acids is 1.